The minimum atomic E-state index is -3.28. The van der Waals surface area contributed by atoms with E-state index in [1.807, 2.05) is 0 Å². The highest BCUT2D eigenvalue weighted by Crippen LogP contribution is 2.36. The van der Waals surface area contributed by atoms with Crippen LogP contribution in [0.15, 0.2) is 24.3 Å². The number of Topliss-reactive ketones (excluding diaryl/α,β-unsaturated/α-hetero) is 1. The zero-order chi connectivity index (χ0) is 18.1. The number of nitrogens with zero attached hydrogens (tertiary/aromatic N) is 1. The molecule has 1 aliphatic heterocycles. The molecule has 2 atom stereocenters. The second kappa shape index (κ2) is 6.68. The SMILES string of the molecule is CCOC(=O)[C@](F)(C(=O)c1ccc(Cl)cc1)[C@@H]1CC(=O)N(C)C1=O. The molecule has 0 spiro atoms. The van der Waals surface area contributed by atoms with E-state index in [1.165, 1.54) is 38.2 Å². The van der Waals surface area contributed by atoms with E-state index >= 15 is 4.39 Å². The molecule has 0 unspecified atom stereocenters. The monoisotopic (exact) mass is 355 g/mol. The van der Waals surface area contributed by atoms with E-state index in [0.717, 1.165) is 0 Å². The quantitative estimate of drug-likeness (QED) is 0.348. The number of hydrogen-bond donors (Lipinski definition) is 0. The van der Waals surface area contributed by atoms with Gasteiger partial charge in [-0.15, -0.1) is 0 Å². The number of rotatable bonds is 5. The molecule has 0 saturated carbocycles. The Morgan fingerprint density at radius 3 is 2.38 bits per heavy atom. The van der Waals surface area contributed by atoms with Gasteiger partial charge in [0.1, 0.15) is 5.92 Å². The second-order valence-corrected chi connectivity index (χ2v) is 5.75. The molecule has 0 aliphatic carbocycles. The van der Waals surface area contributed by atoms with Gasteiger partial charge in [0.15, 0.2) is 0 Å². The van der Waals surface area contributed by atoms with Crippen molar-refractivity contribution in [3.8, 4) is 0 Å². The van der Waals surface area contributed by atoms with Crippen LogP contribution in [0, 0.1) is 5.92 Å². The van der Waals surface area contributed by atoms with Crippen LogP contribution in [-0.2, 0) is 19.1 Å². The van der Waals surface area contributed by atoms with Crippen molar-refractivity contribution in [2.45, 2.75) is 19.0 Å². The van der Waals surface area contributed by atoms with Gasteiger partial charge in [-0.3, -0.25) is 19.3 Å². The first kappa shape index (κ1) is 18.1. The first-order valence-electron chi connectivity index (χ1n) is 7.20. The topological polar surface area (TPSA) is 80.8 Å². The molecule has 1 aromatic rings. The highest BCUT2D eigenvalue weighted by Gasteiger charge is 2.61. The summed E-state index contributed by atoms with van der Waals surface area (Å²) in [5.41, 5.74) is -3.42. The number of ether oxygens (including phenoxy) is 1. The van der Waals surface area contributed by atoms with Gasteiger partial charge in [-0.2, -0.15) is 0 Å². The molecular weight excluding hydrogens is 341 g/mol. The number of carbonyl (C=O) groups is 4. The standard InChI is InChI=1S/C16H15ClFNO5/c1-3-24-15(23)16(18,11-8-12(20)19(2)14(11)22)13(21)9-4-6-10(17)7-5-9/h4-7,11H,3,8H2,1-2H3/t11-,16-/m1/s1. The van der Waals surface area contributed by atoms with Gasteiger partial charge in [-0.25, -0.2) is 9.18 Å². The van der Waals surface area contributed by atoms with E-state index in [4.69, 9.17) is 11.6 Å². The molecule has 128 valence electrons. The fourth-order valence-electron chi connectivity index (χ4n) is 2.51. The van der Waals surface area contributed by atoms with Crippen LogP contribution in [0.5, 0.6) is 0 Å². The smallest absolute Gasteiger partial charge is 0.353 e. The minimum absolute atomic E-state index is 0.148. The van der Waals surface area contributed by atoms with E-state index in [9.17, 15) is 19.2 Å². The Morgan fingerprint density at radius 1 is 1.33 bits per heavy atom. The summed E-state index contributed by atoms with van der Waals surface area (Å²) in [4.78, 5) is 49.3. The predicted octanol–water partition coefficient (Wildman–Crippen LogP) is 1.80. The third-order valence-electron chi connectivity index (χ3n) is 3.87. The lowest BCUT2D eigenvalue weighted by Crippen LogP contribution is -2.52. The fraction of sp³-hybridized carbons (Fsp3) is 0.375. The summed E-state index contributed by atoms with van der Waals surface area (Å²) in [6, 6.07) is 5.19. The maximum Gasteiger partial charge on any atom is 0.353 e. The Balaban J connectivity index is 2.49. The average molecular weight is 356 g/mol. The van der Waals surface area contributed by atoms with Crippen LogP contribution in [0.2, 0.25) is 5.02 Å². The summed E-state index contributed by atoms with van der Waals surface area (Å²) in [6.07, 6.45) is -0.579. The number of ketones is 1. The Bertz CT molecular complexity index is 705. The van der Waals surface area contributed by atoms with Gasteiger partial charge >= 0.3 is 5.97 Å². The highest BCUT2D eigenvalue weighted by molar-refractivity contribution is 6.30. The van der Waals surface area contributed by atoms with E-state index in [0.29, 0.717) is 9.92 Å². The number of halogens is 2. The molecule has 24 heavy (non-hydrogen) atoms. The molecule has 8 heteroatoms. The first-order valence-corrected chi connectivity index (χ1v) is 7.58. The van der Waals surface area contributed by atoms with Crippen molar-refractivity contribution < 1.29 is 28.3 Å². The molecule has 1 aromatic carbocycles. The van der Waals surface area contributed by atoms with Crippen molar-refractivity contribution in [3.63, 3.8) is 0 Å². The number of benzene rings is 1. The fourth-order valence-corrected chi connectivity index (χ4v) is 2.63. The molecule has 1 saturated heterocycles. The molecule has 2 rings (SSSR count). The number of imide groups is 1. The van der Waals surface area contributed by atoms with E-state index in [-0.39, 0.29) is 12.2 Å². The van der Waals surface area contributed by atoms with Gasteiger partial charge in [0, 0.05) is 24.1 Å². The summed E-state index contributed by atoms with van der Waals surface area (Å²) in [6.45, 7) is 1.27. The van der Waals surface area contributed by atoms with Crippen molar-refractivity contribution in [1.29, 1.82) is 0 Å². The van der Waals surface area contributed by atoms with Gasteiger partial charge in [-0.05, 0) is 31.2 Å². The Morgan fingerprint density at radius 2 is 1.92 bits per heavy atom. The molecule has 1 fully saturated rings. The van der Waals surface area contributed by atoms with Gasteiger partial charge in [0.25, 0.3) is 5.67 Å². The van der Waals surface area contributed by atoms with Crippen LogP contribution in [0.25, 0.3) is 0 Å². The van der Waals surface area contributed by atoms with Crippen LogP contribution < -0.4 is 0 Å². The lowest BCUT2D eigenvalue weighted by molar-refractivity contribution is -0.160. The number of alkyl halides is 1. The molecule has 0 aromatic heterocycles. The molecular formula is C16H15ClFNO5. The van der Waals surface area contributed by atoms with E-state index < -0.39 is 41.6 Å². The second-order valence-electron chi connectivity index (χ2n) is 5.32. The molecule has 0 radical (unpaired) electrons. The van der Waals surface area contributed by atoms with Crippen molar-refractivity contribution in [2.24, 2.45) is 5.92 Å². The maximum atomic E-state index is 15.6. The number of esters is 1. The minimum Gasteiger partial charge on any atom is -0.463 e. The van der Waals surface area contributed by atoms with Gasteiger partial charge in [0.05, 0.1) is 6.61 Å². The molecule has 1 heterocycles. The lowest BCUT2D eigenvalue weighted by Gasteiger charge is -2.26. The van der Waals surface area contributed by atoms with Crippen LogP contribution >= 0.6 is 11.6 Å². The van der Waals surface area contributed by atoms with Crippen LogP contribution in [0.3, 0.4) is 0 Å². The summed E-state index contributed by atoms with van der Waals surface area (Å²) < 4.78 is 20.3. The number of hydrogen-bond acceptors (Lipinski definition) is 5. The predicted molar refractivity (Wildman–Crippen MR) is 82.1 cm³/mol. The Labute approximate surface area is 142 Å². The molecule has 0 bridgehead atoms. The summed E-state index contributed by atoms with van der Waals surface area (Å²) >= 11 is 5.73. The third kappa shape index (κ3) is 2.91. The van der Waals surface area contributed by atoms with Gasteiger partial charge in [-0.1, -0.05) is 11.6 Å². The number of amides is 2. The van der Waals surface area contributed by atoms with Crippen LogP contribution in [-0.4, -0.2) is 47.8 Å². The van der Waals surface area contributed by atoms with Gasteiger partial charge < -0.3 is 4.74 Å². The first-order chi connectivity index (χ1) is 11.2. The summed E-state index contributed by atoms with van der Waals surface area (Å²) in [7, 11) is 1.17. The Hall–Kier alpha value is -2.28. The lowest BCUT2D eigenvalue weighted by atomic mass is 9.81. The van der Waals surface area contributed by atoms with Crippen molar-refractivity contribution in [1.82, 2.24) is 4.90 Å². The van der Waals surface area contributed by atoms with Crippen LogP contribution in [0.1, 0.15) is 23.7 Å². The largest absolute Gasteiger partial charge is 0.463 e. The summed E-state index contributed by atoms with van der Waals surface area (Å²) in [5.74, 6) is -6.07. The molecule has 1 aliphatic rings. The Kier molecular flexibility index (Phi) is 5.03. The van der Waals surface area contributed by atoms with E-state index in [1.54, 1.807) is 0 Å². The van der Waals surface area contributed by atoms with Gasteiger partial charge in [0.2, 0.25) is 17.6 Å². The third-order valence-corrected chi connectivity index (χ3v) is 4.12. The highest BCUT2D eigenvalue weighted by atomic mass is 35.5. The van der Waals surface area contributed by atoms with Crippen molar-refractivity contribution >= 4 is 35.2 Å². The molecule has 2 amide bonds. The number of likely N-dealkylation sites (tertiary alicyclic amines) is 1. The molecule has 0 N–H and O–H groups in total. The molecule has 6 nitrogen and oxygen atoms in total. The maximum absolute atomic E-state index is 15.6. The zero-order valence-electron chi connectivity index (χ0n) is 13.0. The normalized spacial score (nSPS) is 20.0. The van der Waals surface area contributed by atoms with Crippen molar-refractivity contribution in [2.75, 3.05) is 13.7 Å². The average Bonchev–Trinajstić information content (AvgIpc) is 2.82. The van der Waals surface area contributed by atoms with Crippen molar-refractivity contribution in [3.05, 3.63) is 34.9 Å². The number of carbonyl (C=O) groups excluding carboxylic acids is 4. The summed E-state index contributed by atoms with van der Waals surface area (Å²) in [5, 5.41) is 0.319. The zero-order valence-corrected chi connectivity index (χ0v) is 13.8. The van der Waals surface area contributed by atoms with E-state index in [2.05, 4.69) is 4.74 Å². The van der Waals surface area contributed by atoms with Crippen LogP contribution in [0.4, 0.5) is 4.39 Å².